The summed E-state index contributed by atoms with van der Waals surface area (Å²) in [5.74, 6) is 0.548. The van der Waals surface area contributed by atoms with Crippen molar-refractivity contribution in [3.8, 4) is 0 Å². The second-order valence-electron chi connectivity index (χ2n) is 6.40. The maximum Gasteiger partial charge on any atom is 0.254 e. The molecule has 0 atom stereocenters. The smallest absolute Gasteiger partial charge is 0.254 e. The number of thioether (sulfide) groups is 1. The van der Waals surface area contributed by atoms with Gasteiger partial charge in [-0.3, -0.25) is 14.4 Å². The first-order valence-corrected chi connectivity index (χ1v) is 10.2. The van der Waals surface area contributed by atoms with E-state index in [1.54, 1.807) is 42.2 Å². The Morgan fingerprint density at radius 2 is 1.83 bits per heavy atom. The van der Waals surface area contributed by atoms with Gasteiger partial charge in [0.25, 0.3) is 5.91 Å². The van der Waals surface area contributed by atoms with Crippen molar-refractivity contribution in [3.05, 3.63) is 41.7 Å². The van der Waals surface area contributed by atoms with E-state index in [2.05, 4.69) is 15.8 Å². The lowest BCUT2D eigenvalue weighted by Crippen LogP contribution is -2.40. The fourth-order valence-corrected chi connectivity index (χ4v) is 3.33. The third kappa shape index (κ3) is 6.33. The molecule has 29 heavy (non-hydrogen) atoms. The van der Waals surface area contributed by atoms with Gasteiger partial charge in [-0.25, -0.2) is 0 Å². The molecule has 154 valence electrons. The van der Waals surface area contributed by atoms with Gasteiger partial charge in [0.1, 0.15) is 5.76 Å². The first-order chi connectivity index (χ1) is 14.0. The number of rotatable bonds is 7. The van der Waals surface area contributed by atoms with Crippen molar-refractivity contribution in [1.29, 1.82) is 0 Å². The van der Waals surface area contributed by atoms with E-state index in [4.69, 9.17) is 9.26 Å². The van der Waals surface area contributed by atoms with E-state index < -0.39 is 0 Å². The molecule has 2 N–H and O–H groups in total. The molecule has 2 heterocycles. The molecule has 0 unspecified atom stereocenters. The molecule has 1 saturated heterocycles. The standard InChI is InChI=1S/C19H22N4O5S/c1-13-9-16(22-28-13)21-18(25)12-29-11-17(24)20-15-4-2-3-14(10-15)19(26)23-5-7-27-8-6-23/h2-4,9-10H,5-8,11-12H2,1H3,(H,20,24)(H,21,22,25). The van der Waals surface area contributed by atoms with E-state index in [-0.39, 0.29) is 29.2 Å². The first kappa shape index (κ1) is 20.9. The summed E-state index contributed by atoms with van der Waals surface area (Å²) in [5, 5.41) is 9.02. The zero-order valence-corrected chi connectivity index (χ0v) is 16.8. The van der Waals surface area contributed by atoms with Crippen LogP contribution in [0.15, 0.2) is 34.9 Å². The quantitative estimate of drug-likeness (QED) is 0.704. The minimum atomic E-state index is -0.269. The molecule has 2 aromatic rings. The second-order valence-corrected chi connectivity index (χ2v) is 7.38. The van der Waals surface area contributed by atoms with E-state index in [1.807, 2.05) is 0 Å². The molecular weight excluding hydrogens is 396 g/mol. The van der Waals surface area contributed by atoms with Crippen LogP contribution >= 0.6 is 11.8 Å². The number of aromatic nitrogens is 1. The molecule has 3 amide bonds. The van der Waals surface area contributed by atoms with Gasteiger partial charge in [-0.2, -0.15) is 0 Å². The average Bonchev–Trinajstić information content (AvgIpc) is 3.12. The van der Waals surface area contributed by atoms with Crippen molar-refractivity contribution in [1.82, 2.24) is 10.1 Å². The van der Waals surface area contributed by atoms with Crippen LogP contribution in [0.5, 0.6) is 0 Å². The minimum Gasteiger partial charge on any atom is -0.378 e. The highest BCUT2D eigenvalue weighted by atomic mass is 32.2. The number of hydrogen-bond donors (Lipinski definition) is 2. The van der Waals surface area contributed by atoms with Crippen LogP contribution in [0, 0.1) is 6.92 Å². The highest BCUT2D eigenvalue weighted by Crippen LogP contribution is 2.15. The molecule has 3 rings (SSSR count). The summed E-state index contributed by atoms with van der Waals surface area (Å²) in [6.07, 6.45) is 0. The van der Waals surface area contributed by atoms with Gasteiger partial charge < -0.3 is 24.8 Å². The molecule has 0 bridgehead atoms. The summed E-state index contributed by atoms with van der Waals surface area (Å²) in [6.45, 7) is 3.90. The number of amides is 3. The third-order valence-electron chi connectivity index (χ3n) is 4.05. The summed E-state index contributed by atoms with van der Waals surface area (Å²) in [7, 11) is 0. The molecule has 9 nitrogen and oxygen atoms in total. The number of nitrogens with one attached hydrogen (secondary N) is 2. The SMILES string of the molecule is Cc1cc(NC(=O)CSCC(=O)Nc2cccc(C(=O)N3CCOCC3)c2)no1. The van der Waals surface area contributed by atoms with Crippen molar-refractivity contribution in [3.63, 3.8) is 0 Å². The molecule has 0 aliphatic carbocycles. The topological polar surface area (TPSA) is 114 Å². The van der Waals surface area contributed by atoms with Crippen LogP contribution in [-0.4, -0.2) is 65.6 Å². The number of morpholine rings is 1. The number of hydrogen-bond acceptors (Lipinski definition) is 7. The number of aryl methyl sites for hydroxylation is 1. The van der Waals surface area contributed by atoms with Crippen LogP contribution in [0.3, 0.4) is 0 Å². The van der Waals surface area contributed by atoms with E-state index in [1.165, 1.54) is 11.8 Å². The Bertz CT molecular complexity index is 879. The summed E-state index contributed by atoms with van der Waals surface area (Å²) in [4.78, 5) is 38.2. The summed E-state index contributed by atoms with van der Waals surface area (Å²) in [5.41, 5.74) is 1.05. The lowest BCUT2D eigenvalue weighted by molar-refractivity contribution is -0.114. The third-order valence-corrected chi connectivity index (χ3v) is 4.99. The number of nitrogens with zero attached hydrogens (tertiary/aromatic N) is 2. The largest absolute Gasteiger partial charge is 0.378 e. The minimum absolute atomic E-state index is 0.0847. The zero-order chi connectivity index (χ0) is 20.6. The van der Waals surface area contributed by atoms with Crippen LogP contribution in [0.4, 0.5) is 11.5 Å². The van der Waals surface area contributed by atoms with Crippen LogP contribution in [0.25, 0.3) is 0 Å². The Hall–Kier alpha value is -2.85. The fraction of sp³-hybridized carbons (Fsp3) is 0.368. The molecule has 1 aliphatic rings. The maximum atomic E-state index is 12.5. The van der Waals surface area contributed by atoms with Gasteiger partial charge in [0.05, 0.1) is 24.7 Å². The van der Waals surface area contributed by atoms with Gasteiger partial charge >= 0.3 is 0 Å². The normalized spacial score (nSPS) is 13.8. The van der Waals surface area contributed by atoms with Crippen LogP contribution < -0.4 is 10.6 Å². The van der Waals surface area contributed by atoms with Gasteiger partial charge in [0, 0.05) is 30.4 Å². The highest BCUT2D eigenvalue weighted by Gasteiger charge is 2.18. The lowest BCUT2D eigenvalue weighted by Gasteiger charge is -2.27. The van der Waals surface area contributed by atoms with Gasteiger partial charge in [0.15, 0.2) is 5.82 Å². The second kappa shape index (κ2) is 10.1. The molecular formula is C19H22N4O5S. The molecule has 1 aromatic carbocycles. The molecule has 1 fully saturated rings. The zero-order valence-electron chi connectivity index (χ0n) is 16.0. The number of carbonyl (C=O) groups is 3. The first-order valence-electron chi connectivity index (χ1n) is 9.09. The van der Waals surface area contributed by atoms with Gasteiger partial charge in [-0.1, -0.05) is 11.2 Å². The lowest BCUT2D eigenvalue weighted by atomic mass is 10.1. The fourth-order valence-electron chi connectivity index (χ4n) is 2.72. The Balaban J connectivity index is 1.44. The number of benzene rings is 1. The Labute approximate surface area is 172 Å². The van der Waals surface area contributed by atoms with E-state index in [0.717, 1.165) is 0 Å². The molecule has 1 aromatic heterocycles. The van der Waals surface area contributed by atoms with Crippen molar-refractivity contribution in [2.75, 3.05) is 48.4 Å². The predicted octanol–water partition coefficient (Wildman–Crippen LogP) is 1.77. The molecule has 1 aliphatic heterocycles. The van der Waals surface area contributed by atoms with Gasteiger partial charge in [-0.05, 0) is 25.1 Å². The van der Waals surface area contributed by atoms with Crippen molar-refractivity contribution < 1.29 is 23.6 Å². The summed E-state index contributed by atoms with van der Waals surface area (Å²) < 4.78 is 10.1. The Morgan fingerprint density at radius 3 is 2.52 bits per heavy atom. The van der Waals surface area contributed by atoms with Crippen LogP contribution in [0.1, 0.15) is 16.1 Å². The number of anilines is 2. The molecule has 0 radical (unpaired) electrons. The van der Waals surface area contributed by atoms with Gasteiger partial charge in [-0.15, -0.1) is 11.8 Å². The van der Waals surface area contributed by atoms with E-state index >= 15 is 0 Å². The highest BCUT2D eigenvalue weighted by molar-refractivity contribution is 8.00. The maximum absolute atomic E-state index is 12.5. The number of ether oxygens (including phenoxy) is 1. The Morgan fingerprint density at radius 1 is 1.10 bits per heavy atom. The van der Waals surface area contributed by atoms with Crippen LogP contribution in [0.2, 0.25) is 0 Å². The molecule has 0 spiro atoms. The van der Waals surface area contributed by atoms with E-state index in [0.29, 0.717) is 49.1 Å². The Kier molecular flexibility index (Phi) is 7.25. The van der Waals surface area contributed by atoms with Crippen molar-refractivity contribution in [2.45, 2.75) is 6.92 Å². The average molecular weight is 418 g/mol. The predicted molar refractivity (Wildman–Crippen MR) is 109 cm³/mol. The summed E-state index contributed by atoms with van der Waals surface area (Å²) in [6, 6.07) is 8.43. The van der Waals surface area contributed by atoms with Crippen molar-refractivity contribution in [2.24, 2.45) is 0 Å². The van der Waals surface area contributed by atoms with Crippen LogP contribution in [-0.2, 0) is 14.3 Å². The number of carbonyl (C=O) groups excluding carboxylic acids is 3. The van der Waals surface area contributed by atoms with Crippen molar-refractivity contribution >= 4 is 41.0 Å². The van der Waals surface area contributed by atoms with Gasteiger partial charge in [0.2, 0.25) is 11.8 Å². The monoisotopic (exact) mass is 418 g/mol. The van der Waals surface area contributed by atoms with E-state index in [9.17, 15) is 14.4 Å². The molecule has 0 saturated carbocycles. The summed E-state index contributed by atoms with van der Waals surface area (Å²) >= 11 is 1.18. The molecule has 10 heteroatoms.